The summed E-state index contributed by atoms with van der Waals surface area (Å²) < 4.78 is 34.1. The predicted molar refractivity (Wildman–Crippen MR) is 127 cm³/mol. The molecule has 33 heavy (non-hydrogen) atoms. The molecule has 2 aromatic heterocycles. The lowest BCUT2D eigenvalue weighted by atomic mass is 9.90. The van der Waals surface area contributed by atoms with Gasteiger partial charge in [0.05, 0.1) is 18.5 Å². The lowest BCUT2D eigenvalue weighted by Gasteiger charge is -2.31. The minimum Gasteiger partial charge on any atom is -0.383 e. The van der Waals surface area contributed by atoms with E-state index >= 15 is 0 Å². The van der Waals surface area contributed by atoms with Crippen molar-refractivity contribution in [2.24, 2.45) is 5.41 Å². The van der Waals surface area contributed by atoms with Crippen LogP contribution in [0.3, 0.4) is 0 Å². The summed E-state index contributed by atoms with van der Waals surface area (Å²) in [6.45, 7) is 5.69. The Kier molecular flexibility index (Phi) is 7.44. The SMILES string of the molecule is COCC(C)NC1CCC(Nc2cc(-c3cnc(F)c(NCC4(C)CC4)c3)c(F)cn2)CC1. The zero-order valence-corrected chi connectivity index (χ0v) is 19.8. The molecule has 0 radical (unpaired) electrons. The molecule has 2 fully saturated rings. The van der Waals surface area contributed by atoms with Gasteiger partial charge in [0.15, 0.2) is 0 Å². The Labute approximate surface area is 194 Å². The molecule has 0 bridgehead atoms. The fraction of sp³-hybridized carbons (Fsp3) is 0.600. The zero-order valence-electron chi connectivity index (χ0n) is 19.8. The minimum atomic E-state index is -0.569. The topological polar surface area (TPSA) is 71.1 Å². The van der Waals surface area contributed by atoms with Crippen LogP contribution in [0.25, 0.3) is 11.1 Å². The number of anilines is 2. The third-order valence-electron chi connectivity index (χ3n) is 6.83. The summed E-state index contributed by atoms with van der Waals surface area (Å²) in [6.07, 6.45) is 9.01. The molecule has 2 aromatic rings. The number of nitrogens with one attached hydrogen (secondary N) is 3. The highest BCUT2D eigenvalue weighted by atomic mass is 19.1. The van der Waals surface area contributed by atoms with Gasteiger partial charge >= 0.3 is 0 Å². The van der Waals surface area contributed by atoms with Gasteiger partial charge < -0.3 is 20.7 Å². The van der Waals surface area contributed by atoms with Crippen LogP contribution >= 0.6 is 0 Å². The Morgan fingerprint density at radius 2 is 1.82 bits per heavy atom. The molecule has 180 valence electrons. The average molecular weight is 460 g/mol. The molecule has 0 aliphatic heterocycles. The molecule has 6 nitrogen and oxygen atoms in total. The molecule has 2 aliphatic rings. The summed E-state index contributed by atoms with van der Waals surface area (Å²) >= 11 is 0. The van der Waals surface area contributed by atoms with Gasteiger partial charge in [-0.1, -0.05) is 6.92 Å². The first-order valence-corrected chi connectivity index (χ1v) is 11.9. The quantitative estimate of drug-likeness (QED) is 0.435. The maximum atomic E-state index is 14.6. The van der Waals surface area contributed by atoms with Gasteiger partial charge in [-0.3, -0.25) is 0 Å². The summed E-state index contributed by atoms with van der Waals surface area (Å²) in [5, 5.41) is 10.2. The Bertz CT molecular complexity index is 944. The number of aromatic nitrogens is 2. The Morgan fingerprint density at radius 1 is 1.09 bits per heavy atom. The molecule has 2 saturated carbocycles. The molecule has 0 aromatic carbocycles. The number of nitrogens with zero attached hydrogens (tertiary/aromatic N) is 2. The number of pyridine rings is 2. The molecule has 2 aliphatic carbocycles. The Morgan fingerprint density at radius 3 is 2.52 bits per heavy atom. The zero-order chi connectivity index (χ0) is 23.4. The van der Waals surface area contributed by atoms with E-state index in [1.807, 2.05) is 0 Å². The van der Waals surface area contributed by atoms with Crippen LogP contribution < -0.4 is 16.0 Å². The molecular formula is C25H35F2N5O. The number of halogens is 2. The van der Waals surface area contributed by atoms with Gasteiger partial charge in [0.1, 0.15) is 11.6 Å². The maximum absolute atomic E-state index is 14.6. The molecule has 2 heterocycles. The smallest absolute Gasteiger partial charge is 0.236 e. The van der Waals surface area contributed by atoms with Crippen molar-refractivity contribution in [1.29, 1.82) is 0 Å². The van der Waals surface area contributed by atoms with E-state index in [0.29, 0.717) is 47.9 Å². The van der Waals surface area contributed by atoms with Crippen LogP contribution in [0.15, 0.2) is 24.5 Å². The van der Waals surface area contributed by atoms with Crippen LogP contribution in [0.5, 0.6) is 0 Å². The monoisotopic (exact) mass is 459 g/mol. The van der Waals surface area contributed by atoms with Gasteiger partial charge in [0, 0.05) is 49.1 Å². The first kappa shape index (κ1) is 23.8. The van der Waals surface area contributed by atoms with Crippen molar-refractivity contribution in [3.8, 4) is 11.1 Å². The lowest BCUT2D eigenvalue weighted by molar-refractivity contribution is 0.161. The van der Waals surface area contributed by atoms with Gasteiger partial charge in [-0.25, -0.2) is 14.4 Å². The summed E-state index contributed by atoms with van der Waals surface area (Å²) in [5.41, 5.74) is 1.42. The standard InChI is InChI=1S/C25H35F2N5O/c1-16(14-33-3)31-18-4-6-19(7-5-18)32-23-11-20(21(26)13-28-23)17-10-22(24(27)29-12-17)30-15-25(2)8-9-25/h10-13,16,18-19,30-31H,4-9,14-15H2,1-3H3,(H,28,32). The number of methoxy groups -OCH3 is 1. The number of ether oxygens (including phenoxy) is 1. The second kappa shape index (κ2) is 10.3. The van der Waals surface area contributed by atoms with Crippen molar-refractivity contribution in [1.82, 2.24) is 15.3 Å². The van der Waals surface area contributed by atoms with Crippen molar-refractivity contribution in [2.75, 3.05) is 30.9 Å². The van der Waals surface area contributed by atoms with Gasteiger partial charge in [-0.15, -0.1) is 0 Å². The maximum Gasteiger partial charge on any atom is 0.236 e. The number of hydrogen-bond acceptors (Lipinski definition) is 6. The molecule has 1 atom stereocenters. The Hall–Kier alpha value is -2.32. The first-order valence-electron chi connectivity index (χ1n) is 11.9. The Balaban J connectivity index is 1.39. The van der Waals surface area contributed by atoms with E-state index in [-0.39, 0.29) is 11.5 Å². The van der Waals surface area contributed by atoms with Gasteiger partial charge in [0.25, 0.3) is 0 Å². The third-order valence-corrected chi connectivity index (χ3v) is 6.83. The summed E-state index contributed by atoms with van der Waals surface area (Å²) in [4.78, 5) is 8.09. The molecule has 4 rings (SSSR count). The highest BCUT2D eigenvalue weighted by molar-refractivity contribution is 5.69. The van der Waals surface area contributed by atoms with E-state index in [1.54, 1.807) is 19.2 Å². The van der Waals surface area contributed by atoms with Crippen LogP contribution in [0, 0.1) is 17.2 Å². The fourth-order valence-corrected chi connectivity index (χ4v) is 4.47. The van der Waals surface area contributed by atoms with E-state index in [4.69, 9.17) is 4.74 Å². The first-order chi connectivity index (χ1) is 15.8. The highest BCUT2D eigenvalue weighted by Crippen LogP contribution is 2.45. The molecule has 1 unspecified atom stereocenters. The minimum absolute atomic E-state index is 0.220. The lowest BCUT2D eigenvalue weighted by Crippen LogP contribution is -2.42. The molecule has 8 heteroatoms. The summed E-state index contributed by atoms with van der Waals surface area (Å²) in [5.74, 6) is -0.394. The van der Waals surface area contributed by atoms with E-state index in [0.717, 1.165) is 38.5 Å². The van der Waals surface area contributed by atoms with E-state index in [9.17, 15) is 8.78 Å². The van der Waals surface area contributed by atoms with Crippen LogP contribution in [-0.2, 0) is 4.74 Å². The normalized spacial score (nSPS) is 22.6. The second-order valence-electron chi connectivity index (χ2n) is 9.99. The molecule has 0 spiro atoms. The van der Waals surface area contributed by atoms with Gasteiger partial charge in [-0.05, 0) is 63.0 Å². The van der Waals surface area contributed by atoms with E-state index < -0.39 is 11.8 Å². The van der Waals surface area contributed by atoms with Crippen molar-refractivity contribution >= 4 is 11.5 Å². The van der Waals surface area contributed by atoms with Crippen LogP contribution in [0.4, 0.5) is 20.3 Å². The highest BCUT2D eigenvalue weighted by Gasteiger charge is 2.37. The number of hydrogen-bond donors (Lipinski definition) is 3. The summed E-state index contributed by atoms with van der Waals surface area (Å²) in [6, 6.07) is 4.44. The summed E-state index contributed by atoms with van der Waals surface area (Å²) in [7, 11) is 1.72. The van der Waals surface area contributed by atoms with Crippen molar-refractivity contribution in [3.05, 3.63) is 36.3 Å². The van der Waals surface area contributed by atoms with Crippen LogP contribution in [0.2, 0.25) is 0 Å². The molecule has 0 saturated heterocycles. The second-order valence-corrected chi connectivity index (χ2v) is 9.99. The molecular weight excluding hydrogens is 424 g/mol. The van der Waals surface area contributed by atoms with Crippen molar-refractivity contribution < 1.29 is 13.5 Å². The van der Waals surface area contributed by atoms with Gasteiger partial charge in [-0.2, -0.15) is 4.39 Å². The fourth-order valence-electron chi connectivity index (χ4n) is 4.47. The van der Waals surface area contributed by atoms with Crippen LogP contribution in [0.1, 0.15) is 52.4 Å². The van der Waals surface area contributed by atoms with Crippen LogP contribution in [-0.4, -0.2) is 48.4 Å². The average Bonchev–Trinajstić information content (AvgIpc) is 3.53. The number of rotatable bonds is 10. The largest absolute Gasteiger partial charge is 0.383 e. The van der Waals surface area contributed by atoms with E-state index in [1.165, 1.54) is 12.4 Å². The molecule has 3 N–H and O–H groups in total. The van der Waals surface area contributed by atoms with E-state index in [2.05, 4.69) is 39.8 Å². The van der Waals surface area contributed by atoms with Gasteiger partial charge in [0.2, 0.25) is 5.95 Å². The van der Waals surface area contributed by atoms with Crippen molar-refractivity contribution in [3.63, 3.8) is 0 Å². The third kappa shape index (κ3) is 6.38. The van der Waals surface area contributed by atoms with Crippen molar-refractivity contribution in [2.45, 2.75) is 70.5 Å². The predicted octanol–water partition coefficient (Wildman–Crippen LogP) is 4.98. The molecule has 0 amide bonds.